The van der Waals surface area contributed by atoms with Gasteiger partial charge in [0.05, 0.1) is 31.1 Å². The summed E-state index contributed by atoms with van der Waals surface area (Å²) in [7, 11) is 0. The molecule has 1 amide bonds. The van der Waals surface area contributed by atoms with Crippen LogP contribution in [0.1, 0.15) is 42.3 Å². The number of nitrogens with zero attached hydrogens (tertiary/aromatic N) is 5. The summed E-state index contributed by atoms with van der Waals surface area (Å²) >= 11 is 7.49. The van der Waals surface area contributed by atoms with Gasteiger partial charge in [-0.25, -0.2) is 0 Å². The largest absolute Gasteiger partial charge is 0.467 e. The summed E-state index contributed by atoms with van der Waals surface area (Å²) in [4.78, 5) is 14.7. The van der Waals surface area contributed by atoms with Crippen LogP contribution in [-0.2, 0) is 11.3 Å². The average Bonchev–Trinajstić information content (AvgIpc) is 3.32. The number of hydrogen-bond donors (Lipinski definition) is 0. The lowest BCUT2D eigenvalue weighted by molar-refractivity contribution is -0.116. The Bertz CT molecular complexity index is 1100. The Labute approximate surface area is 190 Å². The van der Waals surface area contributed by atoms with Gasteiger partial charge in [-0.05, 0) is 55.7 Å². The van der Waals surface area contributed by atoms with E-state index < -0.39 is 0 Å². The quantitative estimate of drug-likeness (QED) is 0.431. The van der Waals surface area contributed by atoms with Crippen molar-refractivity contribution in [1.82, 2.24) is 14.8 Å². The zero-order valence-corrected chi connectivity index (χ0v) is 18.7. The Kier molecular flexibility index (Phi) is 6.64. The van der Waals surface area contributed by atoms with Crippen molar-refractivity contribution in [3.8, 4) is 6.07 Å². The normalized spacial score (nSPS) is 13.2. The van der Waals surface area contributed by atoms with Crippen LogP contribution >= 0.6 is 23.4 Å². The first-order valence-electron chi connectivity index (χ1n) is 10.1. The van der Waals surface area contributed by atoms with Crippen molar-refractivity contribution in [3.63, 3.8) is 0 Å². The molecule has 4 rings (SSSR count). The van der Waals surface area contributed by atoms with Crippen LogP contribution in [0.25, 0.3) is 0 Å². The highest BCUT2D eigenvalue weighted by molar-refractivity contribution is 7.99. The molecule has 1 saturated carbocycles. The van der Waals surface area contributed by atoms with E-state index in [1.54, 1.807) is 23.3 Å². The van der Waals surface area contributed by atoms with E-state index >= 15 is 0 Å². The highest BCUT2D eigenvalue weighted by Gasteiger charge is 2.31. The van der Waals surface area contributed by atoms with Crippen LogP contribution in [0.5, 0.6) is 0 Å². The molecular formula is C22H22ClN5O2S. The highest BCUT2D eigenvalue weighted by Crippen LogP contribution is 2.40. The Morgan fingerprint density at radius 2 is 2.23 bits per heavy atom. The summed E-state index contributed by atoms with van der Waals surface area (Å²) in [6.45, 7) is 2.75. The van der Waals surface area contributed by atoms with Gasteiger partial charge in [0.2, 0.25) is 5.91 Å². The van der Waals surface area contributed by atoms with E-state index in [4.69, 9.17) is 21.3 Å². The third-order valence-electron chi connectivity index (χ3n) is 5.11. The smallest absolute Gasteiger partial charge is 0.237 e. The van der Waals surface area contributed by atoms with Gasteiger partial charge < -0.3 is 9.32 Å². The van der Waals surface area contributed by atoms with Crippen molar-refractivity contribution in [1.29, 1.82) is 5.26 Å². The van der Waals surface area contributed by atoms with Gasteiger partial charge in [-0.15, -0.1) is 10.2 Å². The second-order valence-corrected chi connectivity index (χ2v) is 8.81. The van der Waals surface area contributed by atoms with Crippen molar-refractivity contribution >= 4 is 35.0 Å². The second kappa shape index (κ2) is 9.58. The molecule has 0 unspecified atom stereocenters. The molecule has 0 radical (unpaired) electrons. The first-order valence-corrected chi connectivity index (χ1v) is 11.4. The number of carbonyl (C=O) groups is 1. The summed E-state index contributed by atoms with van der Waals surface area (Å²) in [5.74, 6) is 2.29. The number of thioether (sulfide) groups is 1. The predicted molar refractivity (Wildman–Crippen MR) is 119 cm³/mol. The van der Waals surface area contributed by atoms with E-state index in [9.17, 15) is 4.79 Å². The monoisotopic (exact) mass is 455 g/mol. The van der Waals surface area contributed by atoms with E-state index in [0.717, 1.165) is 35.7 Å². The number of anilines is 1. The van der Waals surface area contributed by atoms with Crippen LogP contribution in [0.2, 0.25) is 5.02 Å². The fraction of sp³-hybridized carbons (Fsp3) is 0.364. The van der Waals surface area contributed by atoms with Crippen LogP contribution in [0.15, 0.2) is 46.2 Å². The zero-order valence-electron chi connectivity index (χ0n) is 17.1. The van der Waals surface area contributed by atoms with Crippen molar-refractivity contribution in [2.45, 2.75) is 43.8 Å². The van der Waals surface area contributed by atoms with E-state index in [0.29, 0.717) is 29.2 Å². The van der Waals surface area contributed by atoms with E-state index in [1.807, 2.05) is 29.7 Å². The molecule has 9 heteroatoms. The third-order valence-corrected chi connectivity index (χ3v) is 6.48. The van der Waals surface area contributed by atoms with Crippen molar-refractivity contribution in [3.05, 3.63) is 58.8 Å². The Morgan fingerprint density at radius 1 is 1.39 bits per heavy atom. The van der Waals surface area contributed by atoms with Gasteiger partial charge in [-0.2, -0.15) is 5.26 Å². The molecule has 160 valence electrons. The first kappa shape index (κ1) is 21.5. The summed E-state index contributed by atoms with van der Waals surface area (Å²) < 4.78 is 7.54. The Balaban J connectivity index is 1.51. The van der Waals surface area contributed by atoms with E-state index in [-0.39, 0.29) is 18.1 Å². The number of hydrogen-bond acceptors (Lipinski definition) is 6. The topological polar surface area (TPSA) is 88.0 Å². The molecule has 0 bridgehead atoms. The number of rotatable bonds is 9. The third kappa shape index (κ3) is 5.12. The maximum Gasteiger partial charge on any atom is 0.237 e. The summed E-state index contributed by atoms with van der Waals surface area (Å²) in [5, 5.41) is 19.1. The molecule has 1 fully saturated rings. The Morgan fingerprint density at radius 3 is 2.90 bits per heavy atom. The maximum absolute atomic E-state index is 13.1. The molecule has 3 aromatic rings. The Hall–Kier alpha value is -2.76. The van der Waals surface area contributed by atoms with Gasteiger partial charge in [0, 0.05) is 23.2 Å². The SMILES string of the molecule is Cc1cc(N(CCC#N)C(=O)CSc2nnc(C3CC3)n2Cc2ccco2)ccc1Cl. The lowest BCUT2D eigenvalue weighted by Crippen LogP contribution is -2.33. The van der Waals surface area contributed by atoms with E-state index in [2.05, 4.69) is 16.3 Å². The molecule has 1 aliphatic carbocycles. The van der Waals surface area contributed by atoms with Gasteiger partial charge in [0.1, 0.15) is 11.6 Å². The molecule has 0 saturated heterocycles. The minimum Gasteiger partial charge on any atom is -0.467 e. The maximum atomic E-state index is 13.1. The van der Waals surface area contributed by atoms with Gasteiger partial charge >= 0.3 is 0 Å². The summed E-state index contributed by atoms with van der Waals surface area (Å²) in [5.41, 5.74) is 1.62. The summed E-state index contributed by atoms with van der Waals surface area (Å²) in [6.07, 6.45) is 4.11. The molecule has 2 aromatic heterocycles. The number of aromatic nitrogens is 3. The first-order chi connectivity index (χ1) is 15.1. The van der Waals surface area contributed by atoms with Crippen LogP contribution in [-0.4, -0.2) is 33.0 Å². The fourth-order valence-corrected chi connectivity index (χ4v) is 4.26. The van der Waals surface area contributed by atoms with Crippen molar-refractivity contribution in [2.75, 3.05) is 17.2 Å². The van der Waals surface area contributed by atoms with Gasteiger partial charge in [0.25, 0.3) is 0 Å². The lowest BCUT2D eigenvalue weighted by Gasteiger charge is -2.22. The number of carbonyl (C=O) groups excluding carboxylic acids is 1. The molecule has 0 atom stereocenters. The predicted octanol–water partition coefficient (Wildman–Crippen LogP) is 4.80. The minimum atomic E-state index is -0.0949. The standard InChI is InChI=1S/C22H22ClN5O2S/c1-15-12-17(7-8-19(15)23)27(10-3-9-24)20(29)14-31-22-26-25-21(16-5-6-16)28(22)13-18-4-2-11-30-18/h2,4,7-8,11-12,16H,3,5-6,10,13-14H2,1H3. The van der Waals surface area contributed by atoms with Gasteiger partial charge in [-0.3, -0.25) is 9.36 Å². The molecule has 1 aliphatic rings. The molecule has 0 aliphatic heterocycles. The minimum absolute atomic E-state index is 0.0949. The molecule has 2 heterocycles. The van der Waals surface area contributed by atoms with E-state index in [1.165, 1.54) is 11.8 Å². The van der Waals surface area contributed by atoms with Gasteiger partial charge in [-0.1, -0.05) is 23.4 Å². The zero-order chi connectivity index (χ0) is 21.8. The van der Waals surface area contributed by atoms with Gasteiger partial charge in [0.15, 0.2) is 5.16 Å². The molecular weight excluding hydrogens is 434 g/mol. The molecule has 0 N–H and O–H groups in total. The van der Waals surface area contributed by atoms with Crippen LogP contribution in [0.4, 0.5) is 5.69 Å². The van der Waals surface area contributed by atoms with Crippen molar-refractivity contribution in [2.24, 2.45) is 0 Å². The molecule has 7 nitrogen and oxygen atoms in total. The molecule has 1 aromatic carbocycles. The number of nitriles is 1. The molecule has 0 spiro atoms. The average molecular weight is 456 g/mol. The fourth-order valence-electron chi connectivity index (χ4n) is 3.32. The van der Waals surface area contributed by atoms with Crippen LogP contribution in [0, 0.1) is 18.3 Å². The van der Waals surface area contributed by atoms with Crippen LogP contribution < -0.4 is 4.90 Å². The number of benzene rings is 1. The number of aryl methyl sites for hydroxylation is 1. The van der Waals surface area contributed by atoms with Crippen LogP contribution in [0.3, 0.4) is 0 Å². The highest BCUT2D eigenvalue weighted by atomic mass is 35.5. The lowest BCUT2D eigenvalue weighted by atomic mass is 10.2. The number of amides is 1. The molecule has 31 heavy (non-hydrogen) atoms. The summed E-state index contributed by atoms with van der Waals surface area (Å²) in [6, 6.07) is 11.3. The second-order valence-electron chi connectivity index (χ2n) is 7.46. The number of furan rings is 1. The van der Waals surface area contributed by atoms with Crippen molar-refractivity contribution < 1.29 is 9.21 Å². The number of halogens is 1.